The van der Waals surface area contributed by atoms with Crippen molar-refractivity contribution in [3.05, 3.63) is 55.1 Å². The number of rotatable bonds is 2. The molecule has 0 saturated heterocycles. The van der Waals surface area contributed by atoms with Crippen LogP contribution < -0.4 is 4.98 Å². The van der Waals surface area contributed by atoms with Crippen molar-refractivity contribution < 1.29 is 0 Å². The first-order valence-corrected chi connectivity index (χ1v) is 5.25. The SMILES string of the molecule is c1ccc(-c2nc[n-]c2-c2ccccn2)nc1. The first kappa shape index (κ1) is 9.72. The van der Waals surface area contributed by atoms with E-state index in [1.807, 2.05) is 36.4 Å². The Kier molecular flexibility index (Phi) is 2.38. The molecule has 0 saturated carbocycles. The predicted molar refractivity (Wildman–Crippen MR) is 64.0 cm³/mol. The smallest absolute Gasteiger partial charge is 0.0664 e. The van der Waals surface area contributed by atoms with Gasteiger partial charge in [-0.25, -0.2) is 0 Å². The van der Waals surface area contributed by atoms with Crippen LogP contribution in [0.15, 0.2) is 55.1 Å². The van der Waals surface area contributed by atoms with Crippen molar-refractivity contribution in [3.8, 4) is 22.8 Å². The van der Waals surface area contributed by atoms with Crippen LogP contribution in [0.5, 0.6) is 0 Å². The van der Waals surface area contributed by atoms with Crippen LogP contribution >= 0.6 is 0 Å². The average Bonchev–Trinajstić information content (AvgIpc) is 2.90. The summed E-state index contributed by atoms with van der Waals surface area (Å²) in [6.07, 6.45) is 5.02. The van der Waals surface area contributed by atoms with Gasteiger partial charge in [-0.2, -0.15) is 0 Å². The van der Waals surface area contributed by atoms with Crippen LogP contribution in [-0.4, -0.2) is 15.0 Å². The Morgan fingerprint density at radius 2 is 1.47 bits per heavy atom. The molecule has 3 aromatic rings. The fraction of sp³-hybridized carbons (Fsp3) is 0. The normalized spacial score (nSPS) is 10.4. The summed E-state index contributed by atoms with van der Waals surface area (Å²) in [5.41, 5.74) is 3.16. The van der Waals surface area contributed by atoms with Gasteiger partial charge in [0, 0.05) is 12.4 Å². The maximum Gasteiger partial charge on any atom is 0.0664 e. The highest BCUT2D eigenvalue weighted by Gasteiger charge is 2.03. The van der Waals surface area contributed by atoms with Crippen molar-refractivity contribution in [2.45, 2.75) is 0 Å². The van der Waals surface area contributed by atoms with Crippen LogP contribution in [0.3, 0.4) is 0 Å². The molecule has 4 nitrogen and oxygen atoms in total. The molecule has 3 heterocycles. The summed E-state index contributed by atoms with van der Waals surface area (Å²) in [5, 5.41) is 0. The number of imidazole rings is 1. The molecule has 0 aliphatic carbocycles. The Morgan fingerprint density at radius 3 is 2.12 bits per heavy atom. The molecule has 0 fully saturated rings. The lowest BCUT2D eigenvalue weighted by atomic mass is 10.2. The van der Waals surface area contributed by atoms with Crippen LogP contribution in [-0.2, 0) is 0 Å². The quantitative estimate of drug-likeness (QED) is 0.665. The van der Waals surface area contributed by atoms with E-state index >= 15 is 0 Å². The summed E-state index contributed by atoms with van der Waals surface area (Å²) in [6, 6.07) is 11.4. The van der Waals surface area contributed by atoms with E-state index in [1.165, 1.54) is 6.33 Å². The summed E-state index contributed by atoms with van der Waals surface area (Å²) in [7, 11) is 0. The van der Waals surface area contributed by atoms with Crippen LogP contribution in [0, 0.1) is 0 Å². The second kappa shape index (κ2) is 4.17. The van der Waals surface area contributed by atoms with Gasteiger partial charge in [-0.15, -0.1) is 0 Å². The standard InChI is InChI=1S/C13H9N4/c1-3-7-14-10(5-1)12-13(17-9-16-12)11-6-2-4-8-15-11/h1-9H/q-1. The highest BCUT2D eigenvalue weighted by molar-refractivity contribution is 5.73. The van der Waals surface area contributed by atoms with Gasteiger partial charge in [-0.05, 0) is 35.7 Å². The third-order valence-corrected chi connectivity index (χ3v) is 2.41. The number of nitrogens with zero attached hydrogens (tertiary/aromatic N) is 4. The van der Waals surface area contributed by atoms with Gasteiger partial charge in [0.25, 0.3) is 0 Å². The fourth-order valence-electron chi connectivity index (χ4n) is 1.65. The average molecular weight is 221 g/mol. The van der Waals surface area contributed by atoms with E-state index in [0.717, 1.165) is 22.8 Å². The zero-order valence-corrected chi connectivity index (χ0v) is 8.99. The topological polar surface area (TPSA) is 52.8 Å². The first-order chi connectivity index (χ1) is 8.45. The van der Waals surface area contributed by atoms with Gasteiger partial charge in [0.2, 0.25) is 0 Å². The maximum absolute atomic E-state index is 4.28. The molecule has 0 N–H and O–H groups in total. The lowest BCUT2D eigenvalue weighted by molar-refractivity contribution is 1.25. The Hall–Kier alpha value is -2.49. The van der Waals surface area contributed by atoms with E-state index in [2.05, 4.69) is 19.9 Å². The van der Waals surface area contributed by atoms with Gasteiger partial charge in [0.1, 0.15) is 0 Å². The van der Waals surface area contributed by atoms with Crippen LogP contribution in [0.25, 0.3) is 22.8 Å². The minimum atomic E-state index is 0.768. The Bertz CT molecular complexity index is 548. The Balaban J connectivity index is 2.13. The molecule has 0 aliphatic heterocycles. The number of aromatic nitrogens is 4. The minimum Gasteiger partial charge on any atom is -0.441 e. The first-order valence-electron chi connectivity index (χ1n) is 5.25. The molecule has 17 heavy (non-hydrogen) atoms. The van der Waals surface area contributed by atoms with Gasteiger partial charge >= 0.3 is 0 Å². The summed E-state index contributed by atoms with van der Waals surface area (Å²) in [5.74, 6) is 0. The molecule has 0 radical (unpaired) electrons. The number of pyridine rings is 2. The highest BCUT2D eigenvalue weighted by atomic mass is 14.9. The summed E-state index contributed by atoms with van der Waals surface area (Å²) in [6.45, 7) is 0. The molecule has 0 bridgehead atoms. The zero-order valence-electron chi connectivity index (χ0n) is 8.99. The second-order valence-electron chi connectivity index (χ2n) is 3.50. The fourth-order valence-corrected chi connectivity index (χ4v) is 1.65. The van der Waals surface area contributed by atoms with Gasteiger partial charge in [0.15, 0.2) is 0 Å². The minimum absolute atomic E-state index is 0.768. The third-order valence-electron chi connectivity index (χ3n) is 2.41. The van der Waals surface area contributed by atoms with Crippen LogP contribution in [0.1, 0.15) is 0 Å². The molecule has 4 heteroatoms. The van der Waals surface area contributed by atoms with Crippen LogP contribution in [0.2, 0.25) is 0 Å². The largest absolute Gasteiger partial charge is 0.441 e. The number of hydrogen-bond donors (Lipinski definition) is 0. The van der Waals surface area contributed by atoms with Gasteiger partial charge in [-0.3, -0.25) is 9.97 Å². The summed E-state index contributed by atoms with van der Waals surface area (Å²) < 4.78 is 0. The monoisotopic (exact) mass is 221 g/mol. The Labute approximate surface area is 98.4 Å². The summed E-state index contributed by atoms with van der Waals surface area (Å²) in [4.78, 5) is 17.1. The third kappa shape index (κ3) is 1.80. The van der Waals surface area contributed by atoms with Crippen molar-refractivity contribution in [1.29, 1.82) is 0 Å². The van der Waals surface area contributed by atoms with Gasteiger partial charge in [-0.1, -0.05) is 18.5 Å². The van der Waals surface area contributed by atoms with E-state index in [1.54, 1.807) is 12.4 Å². The summed E-state index contributed by atoms with van der Waals surface area (Å²) >= 11 is 0. The molecule has 82 valence electrons. The molecular weight excluding hydrogens is 212 g/mol. The second-order valence-corrected chi connectivity index (χ2v) is 3.50. The zero-order chi connectivity index (χ0) is 11.5. The van der Waals surface area contributed by atoms with Crippen molar-refractivity contribution >= 4 is 0 Å². The molecule has 0 atom stereocenters. The Morgan fingerprint density at radius 1 is 0.765 bits per heavy atom. The predicted octanol–water partition coefficient (Wildman–Crippen LogP) is 2.16. The lowest BCUT2D eigenvalue weighted by Crippen LogP contribution is -1.89. The van der Waals surface area contributed by atoms with E-state index in [9.17, 15) is 0 Å². The highest BCUT2D eigenvalue weighted by Crippen LogP contribution is 2.24. The van der Waals surface area contributed by atoms with E-state index in [0.29, 0.717) is 0 Å². The van der Waals surface area contributed by atoms with E-state index in [4.69, 9.17) is 0 Å². The molecule has 0 aliphatic rings. The molecule has 3 rings (SSSR count). The van der Waals surface area contributed by atoms with Gasteiger partial charge in [0.05, 0.1) is 11.4 Å². The van der Waals surface area contributed by atoms with Gasteiger partial charge < -0.3 is 9.97 Å². The molecule has 0 unspecified atom stereocenters. The molecule has 0 amide bonds. The molecule has 0 spiro atoms. The van der Waals surface area contributed by atoms with Crippen molar-refractivity contribution in [2.24, 2.45) is 0 Å². The van der Waals surface area contributed by atoms with E-state index in [-0.39, 0.29) is 0 Å². The van der Waals surface area contributed by atoms with Crippen molar-refractivity contribution in [2.75, 3.05) is 0 Å². The van der Waals surface area contributed by atoms with Crippen LogP contribution in [0.4, 0.5) is 0 Å². The number of hydrogen-bond acceptors (Lipinski definition) is 3. The molecule has 0 aromatic carbocycles. The maximum atomic E-state index is 4.28. The van der Waals surface area contributed by atoms with Crippen molar-refractivity contribution in [1.82, 2.24) is 19.9 Å². The molecule has 3 aromatic heterocycles. The van der Waals surface area contributed by atoms with E-state index < -0.39 is 0 Å². The lowest BCUT2D eigenvalue weighted by Gasteiger charge is -2.07. The van der Waals surface area contributed by atoms with Crippen molar-refractivity contribution in [3.63, 3.8) is 0 Å². The molecular formula is C13H9N4-.